The maximum absolute atomic E-state index is 13.6. The van der Waals surface area contributed by atoms with Crippen LogP contribution in [0, 0.1) is 0 Å². The van der Waals surface area contributed by atoms with Crippen molar-refractivity contribution < 1.29 is 14.3 Å². The summed E-state index contributed by atoms with van der Waals surface area (Å²) in [5.74, 6) is -0.0952. The third kappa shape index (κ3) is 7.94. The van der Waals surface area contributed by atoms with Gasteiger partial charge in [-0.1, -0.05) is 67.9 Å². The summed E-state index contributed by atoms with van der Waals surface area (Å²) in [4.78, 5) is 31.5. The summed E-state index contributed by atoms with van der Waals surface area (Å²) in [6, 6.07) is 26.4. The lowest BCUT2D eigenvalue weighted by Crippen LogP contribution is -2.29. The Bertz CT molecular complexity index is 1550. The van der Waals surface area contributed by atoms with E-state index in [9.17, 15) is 9.59 Å². The van der Waals surface area contributed by atoms with Gasteiger partial charge in [0.15, 0.2) is 0 Å². The van der Waals surface area contributed by atoms with Crippen LogP contribution in [0.15, 0.2) is 84.2 Å². The highest BCUT2D eigenvalue weighted by atomic mass is 32.1. The molecule has 2 heterocycles. The number of amides is 2. The average molecular weight is 611 g/mol. The number of nitrogens with zero attached hydrogens (tertiary/aromatic N) is 2. The zero-order valence-corrected chi connectivity index (χ0v) is 26.4. The Morgan fingerprint density at radius 1 is 0.955 bits per heavy atom. The molecule has 230 valence electrons. The van der Waals surface area contributed by atoms with Gasteiger partial charge in [-0.3, -0.25) is 9.59 Å². The first-order valence-corrected chi connectivity index (χ1v) is 16.3. The van der Waals surface area contributed by atoms with Crippen molar-refractivity contribution >= 4 is 34.5 Å². The molecule has 7 nitrogen and oxygen atoms in total. The van der Waals surface area contributed by atoms with Crippen molar-refractivity contribution in [3.63, 3.8) is 0 Å². The first kappa shape index (κ1) is 31.4. The topological polar surface area (TPSA) is 87.9 Å². The average Bonchev–Trinajstić information content (AvgIpc) is 3.79. The summed E-state index contributed by atoms with van der Waals surface area (Å²) < 4.78 is 5.66. The van der Waals surface area contributed by atoms with Crippen molar-refractivity contribution in [1.82, 2.24) is 4.90 Å². The third-order valence-corrected chi connectivity index (χ3v) is 8.85. The van der Waals surface area contributed by atoms with Crippen LogP contribution >= 0.6 is 11.3 Å². The molecule has 0 aliphatic carbocycles. The van der Waals surface area contributed by atoms with Crippen LogP contribution in [-0.2, 0) is 29.2 Å². The minimum Gasteiger partial charge on any atom is -0.373 e. The minimum absolute atomic E-state index is 0.00199. The van der Waals surface area contributed by atoms with Crippen molar-refractivity contribution in [2.24, 2.45) is 5.73 Å². The van der Waals surface area contributed by atoms with E-state index >= 15 is 0 Å². The maximum Gasteiger partial charge on any atom is 0.264 e. The number of nitrogens with one attached hydrogen (secondary N) is 1. The molecule has 1 saturated heterocycles. The molecule has 1 aromatic heterocycles. The number of thiophene rings is 1. The van der Waals surface area contributed by atoms with Gasteiger partial charge in [0, 0.05) is 39.8 Å². The second kappa shape index (κ2) is 15.1. The summed E-state index contributed by atoms with van der Waals surface area (Å²) in [5, 5.41) is 5.10. The second-order valence-corrected chi connectivity index (χ2v) is 12.3. The Balaban J connectivity index is 1.42. The van der Waals surface area contributed by atoms with E-state index in [0.29, 0.717) is 31.1 Å². The second-order valence-electron chi connectivity index (χ2n) is 11.4. The van der Waals surface area contributed by atoms with E-state index in [-0.39, 0.29) is 11.8 Å². The molecule has 1 atom stereocenters. The van der Waals surface area contributed by atoms with Gasteiger partial charge in [0.2, 0.25) is 0 Å². The van der Waals surface area contributed by atoms with Crippen molar-refractivity contribution in [3.05, 3.63) is 106 Å². The SMILES string of the molecule is CCCCN(C)c1ccc(-c2cccc(CN(Cc3cccc(CN)c3)C(=O)c3cccs3)c2)cc1NC(=O)C1CCCO1. The molecule has 44 heavy (non-hydrogen) atoms. The fourth-order valence-corrected chi connectivity index (χ4v) is 6.25. The van der Waals surface area contributed by atoms with Crippen LogP contribution in [0.25, 0.3) is 11.1 Å². The molecule has 2 amide bonds. The van der Waals surface area contributed by atoms with Gasteiger partial charge in [-0.25, -0.2) is 0 Å². The molecule has 1 fully saturated rings. The first-order chi connectivity index (χ1) is 21.4. The summed E-state index contributed by atoms with van der Waals surface area (Å²) in [6.45, 7) is 5.09. The molecular formula is C36H42N4O3S. The largest absolute Gasteiger partial charge is 0.373 e. The van der Waals surface area contributed by atoms with E-state index in [0.717, 1.165) is 71.4 Å². The third-order valence-electron chi connectivity index (χ3n) is 7.99. The fraction of sp³-hybridized carbons (Fsp3) is 0.333. The molecule has 0 bridgehead atoms. The summed E-state index contributed by atoms with van der Waals surface area (Å²) in [7, 11) is 2.06. The molecule has 0 saturated carbocycles. The predicted molar refractivity (Wildman–Crippen MR) is 180 cm³/mol. The molecule has 1 unspecified atom stereocenters. The lowest BCUT2D eigenvalue weighted by Gasteiger charge is -2.24. The molecule has 0 radical (unpaired) electrons. The number of rotatable bonds is 13. The number of carbonyl (C=O) groups excluding carboxylic acids is 2. The van der Waals surface area contributed by atoms with Crippen molar-refractivity contribution in [2.75, 3.05) is 30.4 Å². The Hall–Kier alpha value is -3.98. The number of ether oxygens (including phenoxy) is 1. The quantitative estimate of drug-likeness (QED) is 0.169. The number of anilines is 2. The van der Waals surface area contributed by atoms with E-state index in [2.05, 4.69) is 66.7 Å². The highest BCUT2D eigenvalue weighted by molar-refractivity contribution is 7.12. The van der Waals surface area contributed by atoms with Gasteiger partial charge in [-0.05, 0) is 76.7 Å². The lowest BCUT2D eigenvalue weighted by molar-refractivity contribution is -0.124. The standard InChI is InChI=1S/C36H42N4O3S/c1-3-4-17-39(2)32-16-15-30(22-31(32)38-35(41)33-13-7-18-43-33)29-12-6-11-28(21-29)25-40(36(42)34-14-8-19-44-34)24-27-10-5-9-26(20-27)23-37/h5-6,8-12,14-16,19-22,33H,3-4,7,13,17-18,23-25,37H2,1-2H3,(H,38,41). The normalized spacial score (nSPS) is 14.4. The van der Waals surface area contributed by atoms with E-state index in [1.807, 2.05) is 46.7 Å². The zero-order valence-electron chi connectivity index (χ0n) is 25.6. The molecule has 3 aromatic carbocycles. The van der Waals surface area contributed by atoms with Gasteiger partial charge >= 0.3 is 0 Å². The first-order valence-electron chi connectivity index (χ1n) is 15.4. The van der Waals surface area contributed by atoms with E-state index in [1.54, 1.807) is 0 Å². The van der Waals surface area contributed by atoms with Gasteiger partial charge in [0.1, 0.15) is 6.10 Å². The highest BCUT2D eigenvalue weighted by Crippen LogP contribution is 2.33. The molecular weight excluding hydrogens is 568 g/mol. The van der Waals surface area contributed by atoms with E-state index < -0.39 is 6.10 Å². The van der Waals surface area contributed by atoms with Gasteiger partial charge in [0.25, 0.3) is 11.8 Å². The summed E-state index contributed by atoms with van der Waals surface area (Å²) in [5.41, 5.74) is 12.8. The summed E-state index contributed by atoms with van der Waals surface area (Å²) >= 11 is 1.45. The number of nitrogens with two attached hydrogens (primary N) is 1. The van der Waals surface area contributed by atoms with Crippen LogP contribution < -0.4 is 16.0 Å². The molecule has 1 aliphatic rings. The Labute approximate surface area is 264 Å². The van der Waals surface area contributed by atoms with Gasteiger partial charge in [-0.15, -0.1) is 11.3 Å². The smallest absolute Gasteiger partial charge is 0.264 e. The van der Waals surface area contributed by atoms with Gasteiger partial charge in [0.05, 0.1) is 16.3 Å². The van der Waals surface area contributed by atoms with Crippen LogP contribution in [0.4, 0.5) is 11.4 Å². The Morgan fingerprint density at radius 2 is 1.70 bits per heavy atom. The van der Waals surface area contributed by atoms with E-state index in [4.69, 9.17) is 10.5 Å². The number of unbranched alkanes of at least 4 members (excludes halogenated alkanes) is 1. The molecule has 8 heteroatoms. The predicted octanol–water partition coefficient (Wildman–Crippen LogP) is 7.07. The summed E-state index contributed by atoms with van der Waals surface area (Å²) in [6.07, 6.45) is 3.39. The molecule has 0 spiro atoms. The van der Waals surface area contributed by atoms with Crippen LogP contribution in [0.1, 0.15) is 59.0 Å². The molecule has 1 aliphatic heterocycles. The number of carbonyl (C=O) groups is 2. The Kier molecular flexibility index (Phi) is 10.8. The number of hydrogen-bond acceptors (Lipinski definition) is 6. The van der Waals surface area contributed by atoms with Crippen LogP contribution in [0.2, 0.25) is 0 Å². The molecule has 3 N–H and O–H groups in total. The molecule has 4 aromatic rings. The number of benzene rings is 3. The Morgan fingerprint density at radius 3 is 2.41 bits per heavy atom. The van der Waals surface area contributed by atoms with E-state index in [1.165, 1.54) is 11.3 Å². The van der Waals surface area contributed by atoms with Gasteiger partial charge < -0.3 is 25.6 Å². The number of hydrogen-bond donors (Lipinski definition) is 2. The monoisotopic (exact) mass is 610 g/mol. The maximum atomic E-state index is 13.6. The highest BCUT2D eigenvalue weighted by Gasteiger charge is 2.25. The van der Waals surface area contributed by atoms with Crippen LogP contribution in [0.5, 0.6) is 0 Å². The van der Waals surface area contributed by atoms with Crippen LogP contribution in [-0.4, -0.2) is 43.0 Å². The lowest BCUT2D eigenvalue weighted by atomic mass is 10.0. The van der Waals surface area contributed by atoms with Crippen molar-refractivity contribution in [1.29, 1.82) is 0 Å². The van der Waals surface area contributed by atoms with Crippen LogP contribution in [0.3, 0.4) is 0 Å². The van der Waals surface area contributed by atoms with Crippen molar-refractivity contribution in [3.8, 4) is 11.1 Å². The minimum atomic E-state index is -0.409. The zero-order chi connectivity index (χ0) is 30.9. The molecule has 5 rings (SSSR count). The van der Waals surface area contributed by atoms with Gasteiger partial charge in [-0.2, -0.15) is 0 Å². The van der Waals surface area contributed by atoms with Crippen molar-refractivity contribution in [2.45, 2.75) is 58.3 Å². The fourth-order valence-electron chi connectivity index (χ4n) is 5.56.